The molecule has 0 amide bonds. The molecule has 2 aromatic heterocycles. The monoisotopic (exact) mass is 1620 g/mol. The van der Waals surface area contributed by atoms with Crippen LogP contribution < -0.4 is 31.3 Å². The van der Waals surface area contributed by atoms with E-state index in [2.05, 4.69) is 65.7 Å². The smallest absolute Gasteiger partial charge is 0.265 e. The third kappa shape index (κ3) is 13.9. The largest absolute Gasteiger partial charge is 0.512 e. The lowest BCUT2D eigenvalue weighted by atomic mass is 9.86. The van der Waals surface area contributed by atoms with E-state index in [4.69, 9.17) is 59.1 Å². The van der Waals surface area contributed by atoms with Gasteiger partial charge in [-0.05, 0) is 208 Å². The van der Waals surface area contributed by atoms with E-state index in [0.29, 0.717) is 87.7 Å². The Hall–Kier alpha value is -19.2. The van der Waals surface area contributed by atoms with Gasteiger partial charge in [-0.1, -0.05) is 48.5 Å². The van der Waals surface area contributed by atoms with Gasteiger partial charge in [0.05, 0.1) is 64.3 Å². The highest BCUT2D eigenvalue weighted by Crippen LogP contribution is 2.46. The number of hydrogen-bond acceptors (Lipinski definition) is 11. The van der Waals surface area contributed by atoms with Crippen LogP contribution in [0, 0.1) is 173 Å². The lowest BCUT2D eigenvalue weighted by Crippen LogP contribution is -2.24. The minimum atomic E-state index is -4.68. The van der Waals surface area contributed by atoms with Gasteiger partial charge in [0, 0.05) is 76.4 Å². The lowest BCUT2D eigenvalue weighted by Gasteiger charge is -2.18. The molecule has 0 fully saturated rings. The highest BCUT2D eigenvalue weighted by atomic mass is 19.4. The standard InChI is InChI=1S/C34H12F6N6.C32H12F2N6.C30H12N8/c1-44-31-25(32(45-2)46-3)13-24-27(17-4-8-20(9-5-17)33(35,36)37)29-23(12-22(26(29)16-43)19(14-41)15-42)28(30(24)31)18-6-10-21(11-7-18)34(38,39)40;1-38-31-25(32(39-2)40-3)13-24-27(17-6-4-8-20(33)10-17)29-23(12-22(26(29)16-37)19(14-35)15-36)28(30(24)31)18-7-5-9-21(34)11-18;1-34-29-23(30(35-2)36-3)13-22-25(17-4-8-37-9-5-17)27-21(12-20(24(27)16-33)19(14-31)15-32)26(28(22)29)18-6-10-38-11-7-18/h4-11H,12-13H2;4-11H,12-13H2;4-11H,12-13H2. The first-order chi connectivity index (χ1) is 59.9. The molecule has 0 unspecified atom stereocenters. The number of alkyl halides is 6. The Bertz CT molecular complexity index is 7400. The summed E-state index contributed by atoms with van der Waals surface area (Å²) in [7, 11) is 0. The first-order valence-electron chi connectivity index (χ1n) is 35.8. The summed E-state index contributed by atoms with van der Waals surface area (Å²) in [6, 6.07) is 43.8. The zero-order valence-electron chi connectivity index (χ0n) is 63.1. The highest BCUT2D eigenvalue weighted by Gasteiger charge is 2.42. The number of fused-ring (bicyclic) bond motifs is 6. The Morgan fingerprint density at radius 3 is 0.766 bits per heavy atom. The quantitative estimate of drug-likeness (QED) is 0.0857. The molecule has 0 aliphatic heterocycles. The molecule has 124 heavy (non-hydrogen) atoms. The van der Waals surface area contributed by atoms with Crippen molar-refractivity contribution in [2.45, 2.75) is 50.9 Å². The molecule has 0 spiro atoms. The van der Waals surface area contributed by atoms with Crippen molar-refractivity contribution in [3.63, 3.8) is 0 Å². The van der Waals surface area contributed by atoms with Crippen molar-refractivity contribution in [2.24, 2.45) is 0 Å². The zero-order valence-corrected chi connectivity index (χ0v) is 63.1. The summed E-state index contributed by atoms with van der Waals surface area (Å²) in [5.74, 6) is -2.01. The van der Waals surface area contributed by atoms with Gasteiger partial charge in [-0.25, -0.2) is 23.3 Å². The molecule has 7 aromatic carbocycles. The van der Waals surface area contributed by atoms with Gasteiger partial charge >= 0.3 is 29.8 Å². The van der Waals surface area contributed by atoms with E-state index in [9.17, 15) is 82.5 Å². The van der Waals surface area contributed by atoms with E-state index >= 15 is 0 Å². The zero-order chi connectivity index (χ0) is 88.9. The predicted molar refractivity (Wildman–Crippen MR) is 430 cm³/mol. The fourth-order valence-corrected chi connectivity index (χ4v) is 16.5. The summed E-state index contributed by atoms with van der Waals surface area (Å²) in [5, 5.41) is 91.1. The van der Waals surface area contributed by atoms with Gasteiger partial charge in [0.25, 0.3) is 0 Å². The molecule has 0 radical (unpaired) electrons. The lowest BCUT2D eigenvalue weighted by molar-refractivity contribution is -0.138. The SMILES string of the molecule is [C-]#[N+]C([N+]#[C-])=C1Cc2c(-c3ccc(C(F)(F)F)cc3)c3c(c(-c4ccc(C(F)(F)F)cc4)c2=C1[N+]#[C-])CC(=C(C#N)C#N)C=3C#N.[C-]#[N+]C([N+]#[C-])=C1Cc2c(-c3cccc(F)c3)c3c(c(-c4cccc(F)c4)c2=C1[N+]#[C-])CC(=C(C#N)C#N)C=3C#N.[C-]#[N+]C([N+]#[C-])=C1Cc2c(-c3ccncc3)c3c(c(-c4ccncc4)c2=C1[N+]#[C-])CC(=C(C#N)C#N)C=3C#N. The van der Waals surface area contributed by atoms with Gasteiger partial charge in [0.2, 0.25) is 0 Å². The summed E-state index contributed by atoms with van der Waals surface area (Å²) in [5.41, 5.74) is 6.46. The summed E-state index contributed by atoms with van der Waals surface area (Å²) >= 11 is 0. The highest BCUT2D eigenvalue weighted by molar-refractivity contribution is 6.00. The predicted octanol–water partition coefficient (Wildman–Crippen LogP) is 16.8. The molecular weight excluding hydrogens is 1590 g/mol. The fraction of sp³-hybridized carbons (Fsp3) is 0.0833. The summed E-state index contributed by atoms with van der Waals surface area (Å²) in [6.45, 7) is 69.3. The number of halogens is 8. The maximum atomic E-state index is 14.5. The number of benzene rings is 7. The Morgan fingerprint density at radius 2 is 0.532 bits per heavy atom. The van der Waals surface area contributed by atoms with E-state index in [1.807, 2.05) is 30.3 Å². The van der Waals surface area contributed by atoms with Crippen molar-refractivity contribution in [3.05, 3.63) is 404 Å². The minimum Gasteiger partial charge on any atom is -0.265 e. The number of aromatic nitrogens is 2. The van der Waals surface area contributed by atoms with Crippen molar-refractivity contribution in [1.82, 2.24) is 9.97 Å². The number of rotatable bonds is 6. The number of hydrogen-bond donors (Lipinski definition) is 0. The molecule has 0 saturated heterocycles. The molecule has 0 bridgehead atoms. The average molecular weight is 1620 g/mol. The molecule has 9 aromatic rings. The summed E-state index contributed by atoms with van der Waals surface area (Å²) < 4.78 is 110. The fourth-order valence-electron chi connectivity index (χ4n) is 16.5. The Balaban J connectivity index is 0.000000161. The second kappa shape index (κ2) is 33.5. The van der Waals surface area contributed by atoms with Gasteiger partial charge in [-0.2, -0.15) is 103 Å². The van der Waals surface area contributed by atoms with E-state index in [-0.39, 0.29) is 161 Å². The van der Waals surface area contributed by atoms with E-state index in [1.54, 1.807) is 73.3 Å². The van der Waals surface area contributed by atoms with Gasteiger partial charge < -0.3 is 0 Å². The molecular formula is C96H36F8N20. The summed E-state index contributed by atoms with van der Waals surface area (Å²) in [6.07, 6.45) is -3.13. The molecule has 2 heterocycles. The second-order valence-electron chi connectivity index (χ2n) is 27.2. The first-order valence-corrected chi connectivity index (χ1v) is 35.8. The molecule has 0 N–H and O–H groups in total. The van der Waals surface area contributed by atoms with E-state index < -0.39 is 46.5 Å². The van der Waals surface area contributed by atoms with E-state index in [0.717, 1.165) is 59.7 Å². The van der Waals surface area contributed by atoms with Gasteiger partial charge in [-0.3, -0.25) is 9.97 Å². The molecule has 576 valence electrons. The van der Waals surface area contributed by atoms with Crippen LogP contribution in [0.25, 0.3) is 144 Å². The van der Waals surface area contributed by atoms with Gasteiger partial charge in [0.1, 0.15) is 122 Å². The normalized spacial score (nSPS) is 13.0. The van der Waals surface area contributed by atoms with Crippen molar-refractivity contribution in [1.29, 1.82) is 47.4 Å². The number of nitriles is 9. The van der Waals surface area contributed by atoms with Crippen LogP contribution in [0.2, 0.25) is 0 Å². The van der Waals surface area contributed by atoms with Crippen LogP contribution in [0.5, 0.6) is 0 Å². The molecule has 15 rings (SSSR count). The van der Waals surface area contributed by atoms with Crippen molar-refractivity contribution in [2.75, 3.05) is 0 Å². The molecule has 6 aliphatic carbocycles. The van der Waals surface area contributed by atoms with Crippen LogP contribution in [-0.4, -0.2) is 9.97 Å². The van der Waals surface area contributed by atoms with Crippen LogP contribution in [0.3, 0.4) is 0 Å². The van der Waals surface area contributed by atoms with Crippen LogP contribution in [-0.2, 0) is 50.9 Å². The van der Waals surface area contributed by atoms with Crippen LogP contribution in [0.4, 0.5) is 35.1 Å². The number of pyridine rings is 2. The van der Waals surface area contributed by atoms with Crippen molar-refractivity contribution < 1.29 is 35.1 Å². The molecule has 28 heteroatoms. The maximum Gasteiger partial charge on any atom is 0.512 e. The van der Waals surface area contributed by atoms with Gasteiger partial charge in [-0.15, -0.1) is 0 Å². The second-order valence-corrected chi connectivity index (χ2v) is 27.2. The molecule has 0 atom stereocenters. The maximum absolute atomic E-state index is 14.5. The molecule has 20 nitrogen and oxygen atoms in total. The Morgan fingerprint density at radius 1 is 0.298 bits per heavy atom. The van der Waals surface area contributed by atoms with Crippen LogP contribution in [0.1, 0.15) is 44.5 Å². The van der Waals surface area contributed by atoms with Crippen molar-refractivity contribution in [3.8, 4) is 121 Å². The molecule has 6 aliphatic rings. The average Bonchev–Trinajstić information content (AvgIpc) is 1.56. The van der Waals surface area contributed by atoms with Crippen LogP contribution >= 0.6 is 0 Å². The van der Waals surface area contributed by atoms with Crippen LogP contribution in [0.15, 0.2) is 214 Å². The minimum absolute atomic E-state index is 0.00984. The first kappa shape index (κ1) is 82.7. The molecule has 0 saturated carbocycles. The van der Waals surface area contributed by atoms with Crippen molar-refractivity contribution >= 4 is 33.8 Å². The van der Waals surface area contributed by atoms with Gasteiger partial charge in [0.15, 0.2) is 17.1 Å². The topological polar surface area (TPSA) is 279 Å². The number of allylic oxidation sites excluding steroid dienone is 6. The Kier molecular flexibility index (Phi) is 22.4. The van der Waals surface area contributed by atoms with E-state index in [1.165, 1.54) is 36.4 Å². The number of nitrogens with zero attached hydrogens (tertiary/aromatic N) is 20. The Labute approximate surface area is 698 Å². The third-order valence-electron chi connectivity index (χ3n) is 21.3. The summed E-state index contributed by atoms with van der Waals surface area (Å²) in [4.78, 5) is 39.3. The third-order valence-corrected chi connectivity index (χ3v) is 21.3.